The minimum absolute atomic E-state index is 0.0299. The van der Waals surface area contributed by atoms with Gasteiger partial charge in [0.05, 0.1) is 18.3 Å². The van der Waals surface area contributed by atoms with Crippen LogP contribution in [-0.2, 0) is 17.8 Å². The summed E-state index contributed by atoms with van der Waals surface area (Å²) in [6.07, 6.45) is 3.29. The van der Waals surface area contributed by atoms with Gasteiger partial charge in [-0.05, 0) is 67.2 Å². The number of carbonyl (C=O) groups is 2. The second-order valence-corrected chi connectivity index (χ2v) is 11.5. The van der Waals surface area contributed by atoms with E-state index in [-0.39, 0.29) is 35.3 Å². The number of carbonyl (C=O) groups excluding carboxylic acids is 2. The number of benzene rings is 2. The summed E-state index contributed by atoms with van der Waals surface area (Å²) in [6.45, 7) is 6.71. The Kier molecular flexibility index (Phi) is 7.39. The fourth-order valence-corrected chi connectivity index (χ4v) is 6.22. The molecule has 3 aliphatic rings. The molecule has 0 spiro atoms. The molecule has 47 heavy (non-hydrogen) atoms. The first-order valence-corrected chi connectivity index (χ1v) is 15.1. The van der Waals surface area contributed by atoms with Gasteiger partial charge in [0.15, 0.2) is 5.84 Å². The van der Waals surface area contributed by atoms with Crippen molar-refractivity contribution in [1.29, 1.82) is 0 Å². The van der Waals surface area contributed by atoms with Gasteiger partial charge in [0.2, 0.25) is 5.88 Å². The number of ether oxygens (including phenoxy) is 1. The maximum absolute atomic E-state index is 13.2. The van der Waals surface area contributed by atoms with Crippen LogP contribution in [0, 0.1) is 6.92 Å². The minimum Gasteiger partial charge on any atom is -0.491 e. The van der Waals surface area contributed by atoms with Gasteiger partial charge in [0.1, 0.15) is 34.8 Å². The van der Waals surface area contributed by atoms with Gasteiger partial charge >= 0.3 is 0 Å². The Morgan fingerprint density at radius 2 is 1.91 bits per heavy atom. The van der Waals surface area contributed by atoms with Crippen LogP contribution in [0.4, 0.5) is 17.1 Å². The van der Waals surface area contributed by atoms with Crippen LogP contribution in [0.25, 0.3) is 0 Å². The number of rotatable bonds is 7. The van der Waals surface area contributed by atoms with Gasteiger partial charge in [-0.2, -0.15) is 4.99 Å². The van der Waals surface area contributed by atoms with Crippen molar-refractivity contribution in [3.63, 3.8) is 0 Å². The first-order chi connectivity index (χ1) is 22.7. The normalized spacial score (nSPS) is 16.7. The quantitative estimate of drug-likeness (QED) is 0.218. The number of nitrogens with two attached hydrogens (primary N) is 1. The monoisotopic (exact) mass is 634 g/mol. The predicted octanol–water partition coefficient (Wildman–Crippen LogP) is 1.98. The lowest BCUT2D eigenvalue weighted by atomic mass is 9.97. The molecule has 14 nitrogen and oxygen atoms in total. The molecular formula is C33H30N8O6. The summed E-state index contributed by atoms with van der Waals surface area (Å²) in [4.78, 5) is 69.7. The van der Waals surface area contributed by atoms with Crippen LogP contribution < -0.4 is 42.3 Å². The third-order valence-corrected chi connectivity index (χ3v) is 8.63. The van der Waals surface area contributed by atoms with Crippen molar-refractivity contribution in [2.75, 3.05) is 23.8 Å². The van der Waals surface area contributed by atoms with Gasteiger partial charge in [-0.25, -0.2) is 15.4 Å². The maximum Gasteiger partial charge on any atom is 0.270 e. The number of aromatic nitrogens is 2. The summed E-state index contributed by atoms with van der Waals surface area (Å²) < 4.78 is 5.82. The van der Waals surface area contributed by atoms with Crippen LogP contribution >= 0.6 is 0 Å². The van der Waals surface area contributed by atoms with E-state index in [1.807, 2.05) is 19.1 Å². The first kappa shape index (κ1) is 29.6. The molecule has 0 radical (unpaired) electrons. The van der Waals surface area contributed by atoms with Crippen LogP contribution in [0.3, 0.4) is 0 Å². The Morgan fingerprint density at radius 1 is 1.11 bits per heavy atom. The highest BCUT2D eigenvalue weighted by atomic mass is 16.7. The van der Waals surface area contributed by atoms with E-state index in [0.29, 0.717) is 54.7 Å². The maximum atomic E-state index is 13.2. The third-order valence-electron chi connectivity index (χ3n) is 8.63. The molecule has 1 aromatic heterocycles. The lowest BCUT2D eigenvalue weighted by molar-refractivity contribution is 0.0931. The number of anilines is 3. The fraction of sp³-hybridized carbons (Fsp3) is 0.242. The fourth-order valence-electron chi connectivity index (χ4n) is 6.22. The average Bonchev–Trinajstić information content (AvgIpc) is 3.65. The van der Waals surface area contributed by atoms with Crippen molar-refractivity contribution in [2.24, 2.45) is 4.99 Å². The van der Waals surface area contributed by atoms with E-state index in [2.05, 4.69) is 37.7 Å². The molecule has 0 unspecified atom stereocenters. The second-order valence-electron chi connectivity index (χ2n) is 11.5. The smallest absolute Gasteiger partial charge is 0.270 e. The van der Waals surface area contributed by atoms with Crippen LogP contribution in [0.5, 0.6) is 5.75 Å². The molecule has 1 atom stereocenters. The van der Waals surface area contributed by atoms with Gasteiger partial charge in [0, 0.05) is 24.7 Å². The number of aliphatic imine (C=N–C) groups is 1. The number of nitrogen functional groups attached to an aromatic ring is 1. The topological polar surface area (TPSA) is 190 Å². The van der Waals surface area contributed by atoms with Gasteiger partial charge in [0.25, 0.3) is 22.7 Å². The summed E-state index contributed by atoms with van der Waals surface area (Å²) in [5, 5.41) is 5.86. The Morgan fingerprint density at radius 3 is 2.68 bits per heavy atom. The van der Waals surface area contributed by atoms with Crippen molar-refractivity contribution in [1.82, 2.24) is 26.1 Å². The van der Waals surface area contributed by atoms with Crippen molar-refractivity contribution in [2.45, 2.75) is 38.8 Å². The number of hydroxylamine groups is 1. The Balaban J connectivity index is 1.02. The second kappa shape index (κ2) is 11.7. The zero-order valence-corrected chi connectivity index (χ0v) is 25.4. The highest BCUT2D eigenvalue weighted by Gasteiger charge is 2.30. The van der Waals surface area contributed by atoms with Crippen molar-refractivity contribution >= 4 is 34.7 Å². The molecule has 5 N–H and O–H groups in total. The number of hydrogen-bond donors (Lipinski definition) is 4. The van der Waals surface area contributed by atoms with E-state index in [1.165, 1.54) is 12.4 Å². The molecule has 14 heteroatoms. The Hall–Kier alpha value is -6.05. The number of nitrogens with zero attached hydrogens (tertiary/aromatic N) is 4. The molecule has 0 fully saturated rings. The lowest BCUT2D eigenvalue weighted by Gasteiger charge is -2.26. The van der Waals surface area contributed by atoms with E-state index in [4.69, 9.17) is 15.3 Å². The highest BCUT2D eigenvalue weighted by molar-refractivity contribution is 6.01. The number of amides is 2. The number of fused-ring (bicyclic) bond motifs is 2. The van der Waals surface area contributed by atoms with Gasteiger partial charge in [-0.15, -0.1) is 0 Å². The molecule has 2 aliphatic heterocycles. The largest absolute Gasteiger partial charge is 0.491 e. The minimum atomic E-state index is -0.694. The third kappa shape index (κ3) is 5.32. The molecule has 2 amide bonds. The van der Waals surface area contributed by atoms with Crippen molar-refractivity contribution < 1.29 is 19.2 Å². The Bertz CT molecular complexity index is 2080. The van der Waals surface area contributed by atoms with Gasteiger partial charge < -0.3 is 30.8 Å². The van der Waals surface area contributed by atoms with E-state index >= 15 is 0 Å². The Labute approximate surface area is 268 Å². The van der Waals surface area contributed by atoms with Crippen LogP contribution in [0.2, 0.25) is 0 Å². The zero-order valence-electron chi connectivity index (χ0n) is 25.4. The molecule has 0 bridgehead atoms. The van der Waals surface area contributed by atoms with E-state index < -0.39 is 22.7 Å². The summed E-state index contributed by atoms with van der Waals surface area (Å²) in [5.41, 5.74) is 12.9. The van der Waals surface area contributed by atoms with Crippen molar-refractivity contribution in [3.8, 4) is 5.75 Å². The SMILES string of the molecule is C=C1N=C(c2ccc3c(c2C)CC[C@@H]3NC(=O)c2cc(C(=O)NCc3ccc4c(c3)N(c3c(N)c(=O)c3=O)CCCO4)ncn2)NO1. The van der Waals surface area contributed by atoms with Crippen LogP contribution in [-0.4, -0.2) is 40.8 Å². The summed E-state index contributed by atoms with van der Waals surface area (Å²) in [6, 6.07) is 10.4. The molecular weight excluding hydrogens is 604 g/mol. The standard InChI is InChI=1S/C33H30N8O6/c1-16-19-7-8-22(21(19)6-5-20(16)31-38-17(2)47-40-31)39-33(45)24-13-23(36-15-37-24)32(44)35-14-18-4-9-26-25(12-18)41(10-3-11-46-26)28-27(34)29(42)30(28)43/h4-6,9,12-13,15,22H,2-3,7-8,10-11,14,34H2,1H3,(H,35,44)(H,38,40)(H,39,45)/t22-/m0/s1. The van der Waals surface area contributed by atoms with E-state index in [1.54, 1.807) is 23.1 Å². The molecule has 0 saturated heterocycles. The number of hydrogen-bond acceptors (Lipinski definition) is 12. The summed E-state index contributed by atoms with van der Waals surface area (Å²) in [7, 11) is 0. The molecule has 1 aliphatic carbocycles. The average molecular weight is 635 g/mol. The first-order valence-electron chi connectivity index (χ1n) is 15.1. The molecule has 4 aromatic rings. The lowest BCUT2D eigenvalue weighted by Crippen LogP contribution is -2.41. The van der Waals surface area contributed by atoms with Gasteiger partial charge in [-0.1, -0.05) is 18.2 Å². The molecule has 7 rings (SSSR count). The molecule has 0 saturated carbocycles. The number of amidine groups is 1. The highest BCUT2D eigenvalue weighted by Crippen LogP contribution is 2.38. The van der Waals surface area contributed by atoms with E-state index in [9.17, 15) is 19.2 Å². The molecule has 3 heterocycles. The number of nitrogens with one attached hydrogen (secondary N) is 3. The van der Waals surface area contributed by atoms with Crippen LogP contribution in [0.1, 0.15) is 67.7 Å². The molecule has 3 aromatic carbocycles. The van der Waals surface area contributed by atoms with Crippen LogP contribution in [0.15, 0.2) is 69.8 Å². The molecule has 238 valence electrons. The van der Waals surface area contributed by atoms with Crippen molar-refractivity contribution in [3.05, 3.63) is 115 Å². The van der Waals surface area contributed by atoms with Gasteiger partial charge in [-0.3, -0.25) is 19.2 Å². The van der Waals surface area contributed by atoms with E-state index in [0.717, 1.165) is 28.7 Å². The summed E-state index contributed by atoms with van der Waals surface area (Å²) in [5.74, 6) is 0.512. The zero-order chi connectivity index (χ0) is 32.8. The summed E-state index contributed by atoms with van der Waals surface area (Å²) >= 11 is 0. The predicted molar refractivity (Wildman–Crippen MR) is 172 cm³/mol.